The zero-order chi connectivity index (χ0) is 12.6. The quantitative estimate of drug-likeness (QED) is 0.862. The molecule has 1 saturated heterocycles. The first kappa shape index (κ1) is 11.7. The highest BCUT2D eigenvalue weighted by Gasteiger charge is 2.40. The number of nitrogens with one attached hydrogen (secondary N) is 2. The van der Waals surface area contributed by atoms with Gasteiger partial charge in [-0.25, -0.2) is 4.98 Å². The van der Waals surface area contributed by atoms with Crippen LogP contribution in [0.5, 0.6) is 0 Å². The fourth-order valence-corrected chi connectivity index (χ4v) is 2.55. The van der Waals surface area contributed by atoms with E-state index in [0.29, 0.717) is 0 Å². The van der Waals surface area contributed by atoms with Crippen LogP contribution in [0.3, 0.4) is 0 Å². The van der Waals surface area contributed by atoms with Gasteiger partial charge in [-0.15, -0.1) is 0 Å². The standard InChI is InChI=1S/C14H19N3O/c1-3-15-7-14(8-18-9-14)11-4-5-12-13(6-11)17-10(2)16-12/h4-6,15H,3,7-9H2,1-2H3,(H,16,17). The average Bonchev–Trinajstić information content (AvgIpc) is 2.67. The van der Waals surface area contributed by atoms with Gasteiger partial charge in [0.25, 0.3) is 0 Å². The summed E-state index contributed by atoms with van der Waals surface area (Å²) in [4.78, 5) is 7.74. The molecule has 2 heterocycles. The van der Waals surface area contributed by atoms with E-state index in [-0.39, 0.29) is 5.41 Å². The number of likely N-dealkylation sites (N-methyl/N-ethyl adjacent to an activating group) is 1. The predicted molar refractivity (Wildman–Crippen MR) is 71.9 cm³/mol. The van der Waals surface area contributed by atoms with E-state index >= 15 is 0 Å². The molecule has 0 aliphatic carbocycles. The van der Waals surface area contributed by atoms with Crippen molar-refractivity contribution in [3.05, 3.63) is 29.6 Å². The van der Waals surface area contributed by atoms with Crippen molar-refractivity contribution in [3.63, 3.8) is 0 Å². The first-order chi connectivity index (χ1) is 8.73. The second-order valence-electron chi connectivity index (χ2n) is 5.11. The van der Waals surface area contributed by atoms with Crippen molar-refractivity contribution in [2.45, 2.75) is 19.3 Å². The smallest absolute Gasteiger partial charge is 0.104 e. The van der Waals surface area contributed by atoms with Gasteiger partial charge >= 0.3 is 0 Å². The van der Waals surface area contributed by atoms with Crippen LogP contribution in [0.25, 0.3) is 11.0 Å². The first-order valence-corrected chi connectivity index (χ1v) is 6.49. The van der Waals surface area contributed by atoms with Gasteiger partial charge in [-0.3, -0.25) is 0 Å². The van der Waals surface area contributed by atoms with E-state index in [0.717, 1.165) is 43.2 Å². The van der Waals surface area contributed by atoms with Gasteiger partial charge in [-0.1, -0.05) is 13.0 Å². The van der Waals surface area contributed by atoms with E-state index in [9.17, 15) is 0 Å². The topological polar surface area (TPSA) is 49.9 Å². The molecule has 1 fully saturated rings. The fourth-order valence-electron chi connectivity index (χ4n) is 2.55. The van der Waals surface area contributed by atoms with Crippen molar-refractivity contribution >= 4 is 11.0 Å². The summed E-state index contributed by atoms with van der Waals surface area (Å²) < 4.78 is 5.44. The van der Waals surface area contributed by atoms with E-state index in [1.165, 1.54) is 5.56 Å². The number of aromatic nitrogens is 2. The summed E-state index contributed by atoms with van der Waals surface area (Å²) in [6.07, 6.45) is 0. The molecule has 2 aromatic rings. The molecule has 18 heavy (non-hydrogen) atoms. The lowest BCUT2D eigenvalue weighted by Gasteiger charge is -2.42. The molecule has 1 aliphatic rings. The van der Waals surface area contributed by atoms with Gasteiger partial charge in [0.05, 0.1) is 29.7 Å². The third-order valence-corrected chi connectivity index (χ3v) is 3.68. The first-order valence-electron chi connectivity index (χ1n) is 6.49. The minimum atomic E-state index is 0.142. The highest BCUT2D eigenvalue weighted by molar-refractivity contribution is 5.76. The fraction of sp³-hybridized carbons (Fsp3) is 0.500. The highest BCUT2D eigenvalue weighted by Crippen LogP contribution is 2.33. The number of aromatic amines is 1. The molecule has 4 heteroatoms. The second kappa shape index (κ2) is 4.37. The monoisotopic (exact) mass is 245 g/mol. The van der Waals surface area contributed by atoms with Gasteiger partial charge in [0.2, 0.25) is 0 Å². The summed E-state index contributed by atoms with van der Waals surface area (Å²) >= 11 is 0. The Bertz CT molecular complexity index is 557. The van der Waals surface area contributed by atoms with E-state index in [1.807, 2.05) is 6.92 Å². The number of hydrogen-bond donors (Lipinski definition) is 2. The number of hydrogen-bond acceptors (Lipinski definition) is 3. The summed E-state index contributed by atoms with van der Waals surface area (Å²) in [5.41, 5.74) is 3.64. The number of aryl methyl sites for hydroxylation is 1. The maximum absolute atomic E-state index is 5.44. The van der Waals surface area contributed by atoms with Crippen LogP contribution in [0.15, 0.2) is 18.2 Å². The van der Waals surface area contributed by atoms with Gasteiger partial charge in [0.15, 0.2) is 0 Å². The van der Waals surface area contributed by atoms with Gasteiger partial charge in [0, 0.05) is 6.54 Å². The molecule has 4 nitrogen and oxygen atoms in total. The van der Waals surface area contributed by atoms with Crippen LogP contribution in [0.4, 0.5) is 0 Å². The van der Waals surface area contributed by atoms with Crippen molar-refractivity contribution in [2.75, 3.05) is 26.3 Å². The summed E-state index contributed by atoms with van der Waals surface area (Å²) in [6.45, 7) is 7.70. The van der Waals surface area contributed by atoms with Crippen LogP contribution in [-0.2, 0) is 10.2 Å². The Hall–Kier alpha value is -1.39. The van der Waals surface area contributed by atoms with Crippen LogP contribution in [-0.4, -0.2) is 36.3 Å². The van der Waals surface area contributed by atoms with Crippen molar-refractivity contribution < 1.29 is 4.74 Å². The lowest BCUT2D eigenvalue weighted by Crippen LogP contribution is -2.53. The number of nitrogens with zero attached hydrogens (tertiary/aromatic N) is 1. The van der Waals surface area contributed by atoms with Crippen molar-refractivity contribution in [1.29, 1.82) is 0 Å². The minimum absolute atomic E-state index is 0.142. The zero-order valence-corrected chi connectivity index (χ0v) is 10.9. The molecule has 0 unspecified atom stereocenters. The molecule has 3 rings (SSSR count). The zero-order valence-electron chi connectivity index (χ0n) is 10.9. The van der Waals surface area contributed by atoms with Crippen LogP contribution < -0.4 is 5.32 Å². The SMILES string of the molecule is CCNCC1(c2ccc3nc(C)[nH]c3c2)COC1. The third-order valence-electron chi connectivity index (χ3n) is 3.68. The van der Waals surface area contributed by atoms with E-state index in [4.69, 9.17) is 4.74 Å². The molecule has 2 N–H and O–H groups in total. The summed E-state index contributed by atoms with van der Waals surface area (Å²) in [7, 11) is 0. The maximum atomic E-state index is 5.44. The Kier molecular flexibility index (Phi) is 2.84. The molecule has 0 radical (unpaired) electrons. The number of ether oxygens (including phenoxy) is 1. The number of benzene rings is 1. The average molecular weight is 245 g/mol. The Morgan fingerprint density at radius 1 is 1.44 bits per heavy atom. The molecule has 1 aliphatic heterocycles. The molecule has 96 valence electrons. The number of fused-ring (bicyclic) bond motifs is 1. The summed E-state index contributed by atoms with van der Waals surface area (Å²) in [6, 6.07) is 6.50. The largest absolute Gasteiger partial charge is 0.379 e. The summed E-state index contributed by atoms with van der Waals surface area (Å²) in [5.74, 6) is 0.966. The Morgan fingerprint density at radius 2 is 2.28 bits per heavy atom. The molecular weight excluding hydrogens is 226 g/mol. The molecule has 0 atom stereocenters. The van der Waals surface area contributed by atoms with Crippen LogP contribution in [0.1, 0.15) is 18.3 Å². The predicted octanol–water partition coefficient (Wildman–Crippen LogP) is 1.75. The van der Waals surface area contributed by atoms with E-state index < -0.39 is 0 Å². The van der Waals surface area contributed by atoms with Gasteiger partial charge in [0.1, 0.15) is 5.82 Å². The highest BCUT2D eigenvalue weighted by atomic mass is 16.5. The Labute approximate surface area is 107 Å². The lowest BCUT2D eigenvalue weighted by molar-refractivity contribution is -0.0587. The number of imidazole rings is 1. The lowest BCUT2D eigenvalue weighted by atomic mass is 9.78. The van der Waals surface area contributed by atoms with Gasteiger partial charge in [-0.05, 0) is 31.2 Å². The normalized spacial score (nSPS) is 17.9. The van der Waals surface area contributed by atoms with Crippen molar-refractivity contribution in [2.24, 2.45) is 0 Å². The van der Waals surface area contributed by atoms with Crippen LogP contribution in [0.2, 0.25) is 0 Å². The molecule has 1 aromatic heterocycles. The number of rotatable bonds is 4. The summed E-state index contributed by atoms with van der Waals surface area (Å²) in [5, 5.41) is 3.44. The molecule has 1 aromatic carbocycles. The van der Waals surface area contributed by atoms with Gasteiger partial charge in [-0.2, -0.15) is 0 Å². The molecular formula is C14H19N3O. The number of H-pyrrole nitrogens is 1. The van der Waals surface area contributed by atoms with Crippen molar-refractivity contribution in [1.82, 2.24) is 15.3 Å². The van der Waals surface area contributed by atoms with E-state index in [2.05, 4.69) is 40.4 Å². The second-order valence-corrected chi connectivity index (χ2v) is 5.11. The van der Waals surface area contributed by atoms with E-state index in [1.54, 1.807) is 0 Å². The minimum Gasteiger partial charge on any atom is -0.379 e. The molecule has 0 saturated carbocycles. The third kappa shape index (κ3) is 1.82. The Morgan fingerprint density at radius 3 is 2.94 bits per heavy atom. The van der Waals surface area contributed by atoms with Crippen LogP contribution in [0, 0.1) is 6.92 Å². The Balaban J connectivity index is 1.96. The molecule has 0 spiro atoms. The molecule has 0 amide bonds. The maximum Gasteiger partial charge on any atom is 0.104 e. The molecule has 0 bridgehead atoms. The van der Waals surface area contributed by atoms with Crippen molar-refractivity contribution in [3.8, 4) is 0 Å². The van der Waals surface area contributed by atoms with Crippen LogP contribution >= 0.6 is 0 Å². The van der Waals surface area contributed by atoms with Gasteiger partial charge < -0.3 is 15.0 Å².